The van der Waals surface area contributed by atoms with Gasteiger partial charge in [0.1, 0.15) is 17.1 Å². The highest BCUT2D eigenvalue weighted by Crippen LogP contribution is 2.44. The summed E-state index contributed by atoms with van der Waals surface area (Å²) >= 11 is 1.77. The highest BCUT2D eigenvalue weighted by Gasteiger charge is 2.34. The fourth-order valence-corrected chi connectivity index (χ4v) is 5.78. The molecule has 212 valence electrons. The number of phenolic OH excluding ortho intramolecular Hbond substituents is 1. The lowest BCUT2D eigenvalue weighted by atomic mass is 9.86. The van der Waals surface area contributed by atoms with E-state index in [2.05, 4.69) is 17.6 Å². The van der Waals surface area contributed by atoms with Crippen molar-refractivity contribution in [1.82, 2.24) is 0 Å². The molecular formula is C31H37ClN4O3S. The molecule has 7 nitrogen and oxygen atoms in total. The van der Waals surface area contributed by atoms with E-state index in [0.29, 0.717) is 11.4 Å². The third-order valence-corrected chi connectivity index (χ3v) is 8.24. The van der Waals surface area contributed by atoms with E-state index in [1.165, 1.54) is 6.08 Å². The molecule has 0 bridgehead atoms. The zero-order chi connectivity index (χ0) is 28.2. The number of anilines is 2. The van der Waals surface area contributed by atoms with Gasteiger partial charge in [-0.2, -0.15) is 0 Å². The minimum absolute atomic E-state index is 0. The Labute approximate surface area is 246 Å². The molecule has 6 N–H and O–H groups in total. The molecule has 1 aliphatic rings. The predicted molar refractivity (Wildman–Crippen MR) is 168 cm³/mol. The van der Waals surface area contributed by atoms with Gasteiger partial charge in [-0.1, -0.05) is 12.1 Å². The van der Waals surface area contributed by atoms with Crippen molar-refractivity contribution in [1.29, 1.82) is 5.41 Å². The van der Waals surface area contributed by atoms with Crippen LogP contribution in [0.4, 0.5) is 11.4 Å². The maximum atomic E-state index is 12.3. The van der Waals surface area contributed by atoms with Crippen LogP contribution in [0, 0.1) is 26.2 Å². The molecule has 40 heavy (non-hydrogen) atoms. The Hall–Kier alpha value is -3.62. The third-order valence-electron chi connectivity index (χ3n) is 7.23. The summed E-state index contributed by atoms with van der Waals surface area (Å²) in [7, 11) is 0. The minimum Gasteiger partial charge on any atom is -0.507 e. The molecule has 0 fully saturated rings. The predicted octanol–water partition coefficient (Wildman–Crippen LogP) is 6.96. The second kappa shape index (κ2) is 13.2. The van der Waals surface area contributed by atoms with E-state index in [1.807, 2.05) is 57.2 Å². The highest BCUT2D eigenvalue weighted by atomic mass is 35.5. The first-order valence-corrected chi connectivity index (χ1v) is 14.0. The number of hydrogen-bond acceptors (Lipinski definition) is 5. The molecule has 3 aromatic carbocycles. The Morgan fingerprint density at radius 1 is 1.05 bits per heavy atom. The van der Waals surface area contributed by atoms with Crippen LogP contribution in [0.5, 0.6) is 11.5 Å². The van der Waals surface area contributed by atoms with Crippen LogP contribution >= 0.6 is 24.2 Å². The van der Waals surface area contributed by atoms with Crippen LogP contribution in [0.1, 0.15) is 47.6 Å². The van der Waals surface area contributed by atoms with E-state index < -0.39 is 0 Å². The fourth-order valence-electron chi connectivity index (χ4n) is 4.68. The van der Waals surface area contributed by atoms with E-state index >= 15 is 0 Å². The number of ether oxygens (including phenoxy) is 1. The molecule has 9 heteroatoms. The standard InChI is InChI=1S/C31H36N4O3S.ClH/c1-19-20(2)29-26(21(3)28(19)37)15-16-31(4,38-29)17-18-39-25-12-10-23(11-13-25)34-27(36)14-7-22-5-8-24(9-6-22)35-30(32)33;/h5-14,37H,15-18H2,1-4H3,(H,34,36)(H4,32,33,35);1H. The van der Waals surface area contributed by atoms with Crippen LogP contribution in [0.2, 0.25) is 0 Å². The molecular weight excluding hydrogens is 544 g/mol. The number of aromatic hydroxyl groups is 1. The number of thioether (sulfide) groups is 1. The van der Waals surface area contributed by atoms with E-state index in [1.54, 1.807) is 30.0 Å². The number of fused-ring (bicyclic) bond motifs is 1. The summed E-state index contributed by atoms with van der Waals surface area (Å²) in [5, 5.41) is 23.3. The van der Waals surface area contributed by atoms with Gasteiger partial charge in [-0.15, -0.1) is 24.2 Å². The lowest BCUT2D eigenvalue weighted by Crippen LogP contribution is -2.37. The molecule has 1 amide bonds. The summed E-state index contributed by atoms with van der Waals surface area (Å²) in [6, 6.07) is 15.1. The first kappa shape index (κ1) is 30.9. The molecule has 0 spiro atoms. The molecule has 1 aliphatic heterocycles. The van der Waals surface area contributed by atoms with E-state index in [9.17, 15) is 9.90 Å². The van der Waals surface area contributed by atoms with Gasteiger partial charge in [-0.25, -0.2) is 0 Å². The van der Waals surface area contributed by atoms with E-state index in [0.717, 1.165) is 69.2 Å². The van der Waals surface area contributed by atoms with Crippen LogP contribution in [-0.2, 0) is 11.2 Å². The van der Waals surface area contributed by atoms with Crippen molar-refractivity contribution in [2.24, 2.45) is 5.73 Å². The molecule has 1 unspecified atom stereocenters. The van der Waals surface area contributed by atoms with Gasteiger partial charge in [0.05, 0.1) is 0 Å². The van der Waals surface area contributed by atoms with Crippen LogP contribution in [0.3, 0.4) is 0 Å². The van der Waals surface area contributed by atoms with Crippen LogP contribution in [0.15, 0.2) is 59.5 Å². The number of rotatable bonds is 8. The molecule has 0 radical (unpaired) electrons. The van der Waals surface area contributed by atoms with E-state index in [4.69, 9.17) is 15.9 Å². The largest absolute Gasteiger partial charge is 0.507 e. The first-order valence-electron chi connectivity index (χ1n) is 13.0. The van der Waals surface area contributed by atoms with Crippen molar-refractivity contribution in [2.45, 2.75) is 57.5 Å². The van der Waals surface area contributed by atoms with Gasteiger partial charge < -0.3 is 26.2 Å². The van der Waals surface area contributed by atoms with Crippen molar-refractivity contribution in [3.63, 3.8) is 0 Å². The fraction of sp³-hybridized carbons (Fsp3) is 0.290. The van der Waals surface area contributed by atoms with Crippen LogP contribution in [0.25, 0.3) is 6.08 Å². The number of guanidine groups is 1. The van der Waals surface area contributed by atoms with Crippen molar-refractivity contribution in [3.05, 3.63) is 82.4 Å². The smallest absolute Gasteiger partial charge is 0.248 e. The number of phenols is 1. The molecule has 0 aliphatic carbocycles. The Balaban J connectivity index is 0.00000441. The number of carbonyl (C=O) groups excluding carboxylic acids is 1. The van der Waals surface area contributed by atoms with Gasteiger partial charge >= 0.3 is 0 Å². The maximum Gasteiger partial charge on any atom is 0.248 e. The molecule has 4 rings (SSSR count). The Bertz CT molecular complexity index is 1410. The summed E-state index contributed by atoms with van der Waals surface area (Å²) in [5.41, 5.74) is 11.4. The maximum absolute atomic E-state index is 12.3. The zero-order valence-electron chi connectivity index (χ0n) is 23.3. The van der Waals surface area contributed by atoms with Gasteiger partial charge in [-0.05, 0) is 112 Å². The summed E-state index contributed by atoms with van der Waals surface area (Å²) in [6.07, 6.45) is 5.95. The van der Waals surface area contributed by atoms with E-state index in [-0.39, 0.29) is 29.9 Å². The van der Waals surface area contributed by atoms with Crippen molar-refractivity contribution in [3.8, 4) is 11.5 Å². The molecule has 0 aromatic heterocycles. The highest BCUT2D eigenvalue weighted by molar-refractivity contribution is 7.99. The Morgan fingerprint density at radius 2 is 1.68 bits per heavy atom. The average molecular weight is 581 g/mol. The molecule has 0 saturated heterocycles. The summed E-state index contributed by atoms with van der Waals surface area (Å²) in [5.74, 6) is 1.91. The van der Waals surface area contributed by atoms with Gasteiger partial charge in [-0.3, -0.25) is 10.2 Å². The van der Waals surface area contributed by atoms with Crippen LogP contribution < -0.4 is 21.1 Å². The molecule has 1 atom stereocenters. The van der Waals surface area contributed by atoms with Gasteiger partial charge in [0.15, 0.2) is 5.96 Å². The number of nitrogens with one attached hydrogen (secondary N) is 3. The lowest BCUT2D eigenvalue weighted by Gasteiger charge is -2.38. The number of amides is 1. The van der Waals surface area contributed by atoms with Gasteiger partial charge in [0.2, 0.25) is 5.91 Å². The van der Waals surface area contributed by atoms with Gasteiger partial charge in [0.25, 0.3) is 0 Å². The third kappa shape index (κ3) is 7.52. The number of benzene rings is 3. The topological polar surface area (TPSA) is 120 Å². The normalized spacial score (nSPS) is 16.0. The summed E-state index contributed by atoms with van der Waals surface area (Å²) < 4.78 is 6.55. The number of carbonyl (C=O) groups is 1. The Morgan fingerprint density at radius 3 is 2.33 bits per heavy atom. The monoisotopic (exact) mass is 580 g/mol. The number of nitrogens with two attached hydrogens (primary N) is 1. The quantitative estimate of drug-likeness (QED) is 0.0849. The lowest BCUT2D eigenvalue weighted by molar-refractivity contribution is -0.111. The second-order valence-corrected chi connectivity index (χ2v) is 11.4. The second-order valence-electron chi connectivity index (χ2n) is 10.2. The molecule has 1 heterocycles. The minimum atomic E-state index is -0.245. The van der Waals surface area contributed by atoms with Crippen molar-refractivity contribution < 1.29 is 14.6 Å². The van der Waals surface area contributed by atoms with Crippen LogP contribution in [-0.4, -0.2) is 28.3 Å². The first-order chi connectivity index (χ1) is 18.5. The van der Waals surface area contributed by atoms with Gasteiger partial charge in [0, 0.05) is 33.7 Å². The van der Waals surface area contributed by atoms with Crippen molar-refractivity contribution in [2.75, 3.05) is 16.4 Å². The molecule has 3 aromatic rings. The SMILES string of the molecule is Cc1c(C)c2c(c(C)c1O)CCC(C)(CCSc1ccc(NC(=O)C=Cc3ccc(NC(=N)N)cc3)cc1)O2.Cl. The summed E-state index contributed by atoms with van der Waals surface area (Å²) in [6.45, 7) is 8.12. The number of hydrogen-bond donors (Lipinski definition) is 5. The summed E-state index contributed by atoms with van der Waals surface area (Å²) in [4.78, 5) is 13.5. The molecule has 0 saturated carbocycles. The Kier molecular flexibility index (Phi) is 10.2. The zero-order valence-corrected chi connectivity index (χ0v) is 24.9. The number of halogens is 1. The average Bonchev–Trinajstić information content (AvgIpc) is 2.91. The van der Waals surface area contributed by atoms with Crippen molar-refractivity contribution >= 4 is 53.5 Å².